The van der Waals surface area contributed by atoms with Gasteiger partial charge >= 0.3 is 5.97 Å². The number of nitrogen functional groups attached to an aromatic ring is 1. The first-order valence-electron chi connectivity index (χ1n) is 3.37. The van der Waals surface area contributed by atoms with E-state index in [4.69, 9.17) is 10.6 Å². The Balaban J connectivity index is 2.68. The predicted molar refractivity (Wildman–Crippen MR) is 45.9 cm³/mol. The summed E-state index contributed by atoms with van der Waals surface area (Å²) in [5, 5.41) is 0.498. The van der Waals surface area contributed by atoms with E-state index in [2.05, 4.69) is 10.4 Å². The molecule has 1 aromatic rings. The molecule has 0 spiro atoms. The molecule has 0 saturated carbocycles. The van der Waals surface area contributed by atoms with Crippen LogP contribution in [0.25, 0.3) is 0 Å². The number of rotatable bonds is 3. The van der Waals surface area contributed by atoms with Crippen LogP contribution in [0.3, 0.4) is 0 Å². The van der Waals surface area contributed by atoms with Gasteiger partial charge in [-0.2, -0.15) is 0 Å². The summed E-state index contributed by atoms with van der Waals surface area (Å²) in [4.78, 5) is 15.3. The van der Waals surface area contributed by atoms with Crippen molar-refractivity contribution in [2.75, 3.05) is 12.0 Å². The van der Waals surface area contributed by atoms with E-state index in [0.717, 1.165) is 11.3 Å². The van der Waals surface area contributed by atoms with E-state index in [1.165, 1.54) is 6.20 Å². The number of thiazole rings is 1. The largest absolute Gasteiger partial charge is 0.462 e. The molecule has 0 saturated heterocycles. The first kappa shape index (κ1) is 8.95. The average molecular weight is 187 g/mol. The van der Waals surface area contributed by atoms with Crippen LogP contribution in [0, 0.1) is 0 Å². The van der Waals surface area contributed by atoms with Gasteiger partial charge in [0.05, 0.1) is 12.8 Å². The number of carbonyl (C=O) groups excluding carboxylic acids is 1. The highest BCUT2D eigenvalue weighted by Crippen LogP contribution is 2.17. The number of hydrogen-bond acceptors (Lipinski definition) is 6. The van der Waals surface area contributed by atoms with Crippen molar-refractivity contribution in [3.63, 3.8) is 0 Å². The predicted octanol–water partition coefficient (Wildman–Crippen LogP) is 0.605. The summed E-state index contributed by atoms with van der Waals surface area (Å²) in [6, 6.07) is 0. The summed E-state index contributed by atoms with van der Waals surface area (Å²) in [5.74, 6) is 4.72. The molecule has 6 heteroatoms. The van der Waals surface area contributed by atoms with Gasteiger partial charge in [0, 0.05) is 0 Å². The van der Waals surface area contributed by atoms with Gasteiger partial charge < -0.3 is 4.74 Å². The molecule has 0 radical (unpaired) electrons. The van der Waals surface area contributed by atoms with Crippen LogP contribution in [0.5, 0.6) is 0 Å². The van der Waals surface area contributed by atoms with Crippen LogP contribution in [0.4, 0.5) is 5.13 Å². The molecule has 0 aliphatic heterocycles. The first-order valence-corrected chi connectivity index (χ1v) is 4.19. The third-order valence-electron chi connectivity index (χ3n) is 1.11. The molecule has 1 aromatic heterocycles. The van der Waals surface area contributed by atoms with Crippen LogP contribution in [-0.2, 0) is 4.74 Å². The van der Waals surface area contributed by atoms with Crippen molar-refractivity contribution in [2.45, 2.75) is 6.92 Å². The molecular weight excluding hydrogens is 178 g/mol. The second-order valence-corrected chi connectivity index (χ2v) is 2.93. The van der Waals surface area contributed by atoms with E-state index in [0.29, 0.717) is 16.6 Å². The van der Waals surface area contributed by atoms with Crippen molar-refractivity contribution in [2.24, 2.45) is 5.84 Å². The van der Waals surface area contributed by atoms with E-state index in [1.54, 1.807) is 6.92 Å². The van der Waals surface area contributed by atoms with Crippen molar-refractivity contribution in [1.82, 2.24) is 4.98 Å². The fraction of sp³-hybridized carbons (Fsp3) is 0.333. The second-order valence-electron chi connectivity index (χ2n) is 1.89. The van der Waals surface area contributed by atoms with Crippen LogP contribution in [0.1, 0.15) is 16.6 Å². The molecule has 0 bridgehead atoms. The van der Waals surface area contributed by atoms with Gasteiger partial charge in [0.2, 0.25) is 0 Å². The molecule has 12 heavy (non-hydrogen) atoms. The summed E-state index contributed by atoms with van der Waals surface area (Å²) >= 11 is 1.16. The minimum Gasteiger partial charge on any atom is -0.462 e. The maximum absolute atomic E-state index is 11.1. The first-order chi connectivity index (χ1) is 5.77. The van der Waals surface area contributed by atoms with Crippen LogP contribution in [0.15, 0.2) is 6.20 Å². The van der Waals surface area contributed by atoms with Gasteiger partial charge in [-0.3, -0.25) is 5.43 Å². The summed E-state index contributed by atoms with van der Waals surface area (Å²) in [6.45, 7) is 2.11. The monoisotopic (exact) mass is 187 g/mol. The molecule has 0 fully saturated rings. The Bertz CT molecular complexity index is 274. The number of hydrogen-bond donors (Lipinski definition) is 2. The molecule has 0 atom stereocenters. The Morgan fingerprint density at radius 2 is 2.67 bits per heavy atom. The summed E-state index contributed by atoms with van der Waals surface area (Å²) < 4.78 is 4.75. The fourth-order valence-corrected chi connectivity index (χ4v) is 1.26. The molecule has 0 aliphatic carbocycles. The van der Waals surface area contributed by atoms with Crippen LogP contribution in [-0.4, -0.2) is 17.6 Å². The highest BCUT2D eigenvalue weighted by molar-refractivity contribution is 7.17. The molecule has 0 aliphatic rings. The van der Waals surface area contributed by atoms with Gasteiger partial charge in [-0.1, -0.05) is 11.3 Å². The number of nitrogens with zero attached hydrogens (tertiary/aromatic N) is 1. The SMILES string of the molecule is CCOC(=O)c1cnc(NN)s1. The number of carbonyl (C=O) groups is 1. The Morgan fingerprint density at radius 1 is 1.92 bits per heavy atom. The molecule has 1 rings (SSSR count). The standard InChI is InChI=1S/C6H9N3O2S/c1-2-11-5(10)4-3-8-6(9-7)12-4/h3H,2,7H2,1H3,(H,8,9). The van der Waals surface area contributed by atoms with Crippen molar-refractivity contribution < 1.29 is 9.53 Å². The number of aromatic nitrogens is 1. The summed E-state index contributed by atoms with van der Waals surface area (Å²) in [6.07, 6.45) is 1.43. The quantitative estimate of drug-likeness (QED) is 0.412. The Hall–Kier alpha value is -1.14. The highest BCUT2D eigenvalue weighted by Gasteiger charge is 2.09. The molecule has 1 heterocycles. The molecule has 0 amide bonds. The van der Waals surface area contributed by atoms with Gasteiger partial charge in [0.25, 0.3) is 0 Å². The minimum absolute atomic E-state index is 0.363. The normalized spacial score (nSPS) is 9.50. The topological polar surface area (TPSA) is 77.2 Å². The molecule has 66 valence electrons. The zero-order valence-electron chi connectivity index (χ0n) is 6.53. The average Bonchev–Trinajstić information content (AvgIpc) is 2.52. The van der Waals surface area contributed by atoms with Crippen molar-refractivity contribution in [3.05, 3.63) is 11.1 Å². The smallest absolute Gasteiger partial charge is 0.350 e. The summed E-state index contributed by atoms with van der Waals surface area (Å²) in [7, 11) is 0. The fourth-order valence-electron chi connectivity index (χ4n) is 0.637. The number of nitrogens with two attached hydrogens (primary N) is 1. The number of hydrazine groups is 1. The van der Waals surface area contributed by atoms with E-state index in [-0.39, 0.29) is 5.97 Å². The molecular formula is C6H9N3O2S. The number of anilines is 1. The summed E-state index contributed by atoms with van der Waals surface area (Å²) in [5.41, 5.74) is 2.34. The Kier molecular flexibility index (Phi) is 3.01. The van der Waals surface area contributed by atoms with E-state index in [1.807, 2.05) is 0 Å². The minimum atomic E-state index is -0.364. The maximum atomic E-state index is 11.1. The van der Waals surface area contributed by atoms with Crippen molar-refractivity contribution in [1.29, 1.82) is 0 Å². The number of ether oxygens (including phenoxy) is 1. The number of esters is 1. The van der Waals surface area contributed by atoms with Crippen LogP contribution < -0.4 is 11.3 Å². The van der Waals surface area contributed by atoms with Gasteiger partial charge in [0.15, 0.2) is 5.13 Å². The molecule has 3 N–H and O–H groups in total. The van der Waals surface area contributed by atoms with Gasteiger partial charge in [-0.05, 0) is 6.92 Å². The highest BCUT2D eigenvalue weighted by atomic mass is 32.1. The lowest BCUT2D eigenvalue weighted by atomic mass is 10.6. The zero-order valence-corrected chi connectivity index (χ0v) is 7.35. The van der Waals surface area contributed by atoms with Crippen molar-refractivity contribution >= 4 is 22.4 Å². The van der Waals surface area contributed by atoms with Gasteiger partial charge in [-0.25, -0.2) is 15.6 Å². The second kappa shape index (κ2) is 4.03. The lowest BCUT2D eigenvalue weighted by Crippen LogP contribution is -2.05. The molecule has 0 unspecified atom stereocenters. The Labute approximate surface area is 73.5 Å². The lowest BCUT2D eigenvalue weighted by Gasteiger charge is -1.95. The van der Waals surface area contributed by atoms with Crippen LogP contribution in [0.2, 0.25) is 0 Å². The number of nitrogens with one attached hydrogen (secondary N) is 1. The molecule has 0 aromatic carbocycles. The van der Waals surface area contributed by atoms with Gasteiger partial charge in [0.1, 0.15) is 4.88 Å². The maximum Gasteiger partial charge on any atom is 0.350 e. The van der Waals surface area contributed by atoms with Crippen molar-refractivity contribution in [3.8, 4) is 0 Å². The Morgan fingerprint density at radius 3 is 3.17 bits per heavy atom. The van der Waals surface area contributed by atoms with Crippen LogP contribution >= 0.6 is 11.3 Å². The molecule has 5 nitrogen and oxygen atoms in total. The lowest BCUT2D eigenvalue weighted by molar-refractivity contribution is 0.0532. The van der Waals surface area contributed by atoms with Gasteiger partial charge in [-0.15, -0.1) is 0 Å². The van der Waals surface area contributed by atoms with E-state index in [9.17, 15) is 4.79 Å². The van der Waals surface area contributed by atoms with E-state index < -0.39 is 0 Å². The third-order valence-corrected chi connectivity index (χ3v) is 2.01. The third kappa shape index (κ3) is 1.93. The van der Waals surface area contributed by atoms with E-state index >= 15 is 0 Å². The zero-order chi connectivity index (χ0) is 8.97.